The van der Waals surface area contributed by atoms with Crippen LogP contribution in [0.15, 0.2) is 0 Å². The number of rotatable bonds is 5. The second-order valence-corrected chi connectivity index (χ2v) is 7.92. The number of urea groups is 1. The normalized spacial score (nSPS) is 23.7. The minimum atomic E-state index is 0.0105. The molecule has 0 aromatic rings. The number of carbonyl (C=O) groups excluding carboxylic acids is 2. The highest BCUT2D eigenvalue weighted by molar-refractivity contribution is 5.81. The van der Waals surface area contributed by atoms with Crippen LogP contribution in [0.5, 0.6) is 0 Å². The second-order valence-electron chi connectivity index (χ2n) is 7.92. The molecule has 1 saturated heterocycles. The summed E-state index contributed by atoms with van der Waals surface area (Å²) < 4.78 is 0. The second kappa shape index (κ2) is 6.70. The molecule has 0 aromatic carbocycles. The predicted molar refractivity (Wildman–Crippen MR) is 90.0 cm³/mol. The van der Waals surface area contributed by atoms with E-state index in [-0.39, 0.29) is 18.0 Å². The molecule has 1 unspecified atom stereocenters. The standard InChI is InChI=1S/C18H31N3O2/c1-12(2)19-18(23)20-10-8-15(9-11-20)17(22)21(16-6-7-16)13(3)14-4-5-14/h12-16H,4-11H2,1-3H3,(H,19,23). The molecule has 23 heavy (non-hydrogen) atoms. The lowest BCUT2D eigenvalue weighted by Gasteiger charge is -2.37. The van der Waals surface area contributed by atoms with Crippen LogP contribution in [-0.4, -0.2) is 53.0 Å². The van der Waals surface area contributed by atoms with E-state index < -0.39 is 0 Å². The average molecular weight is 321 g/mol. The number of hydrogen-bond donors (Lipinski definition) is 1. The minimum Gasteiger partial charge on any atom is -0.336 e. The van der Waals surface area contributed by atoms with Crippen LogP contribution in [-0.2, 0) is 4.79 Å². The number of carbonyl (C=O) groups is 2. The summed E-state index contributed by atoms with van der Waals surface area (Å²) in [5.74, 6) is 1.20. The maximum Gasteiger partial charge on any atom is 0.317 e. The van der Waals surface area contributed by atoms with Gasteiger partial charge in [-0.1, -0.05) is 0 Å². The van der Waals surface area contributed by atoms with E-state index in [0.29, 0.717) is 31.1 Å². The monoisotopic (exact) mass is 321 g/mol. The van der Waals surface area contributed by atoms with Crippen LogP contribution >= 0.6 is 0 Å². The summed E-state index contributed by atoms with van der Waals surface area (Å²) in [7, 11) is 0. The van der Waals surface area contributed by atoms with Crippen LogP contribution in [0.2, 0.25) is 0 Å². The summed E-state index contributed by atoms with van der Waals surface area (Å²) in [6, 6.07) is 1.08. The number of nitrogens with zero attached hydrogens (tertiary/aromatic N) is 2. The van der Waals surface area contributed by atoms with Crippen molar-refractivity contribution >= 4 is 11.9 Å². The van der Waals surface area contributed by atoms with Gasteiger partial charge in [-0.25, -0.2) is 4.79 Å². The number of nitrogens with one attached hydrogen (secondary N) is 1. The lowest BCUT2D eigenvalue weighted by atomic mass is 9.94. The van der Waals surface area contributed by atoms with Crippen LogP contribution in [0.1, 0.15) is 59.3 Å². The number of amides is 3. The van der Waals surface area contributed by atoms with Crippen molar-refractivity contribution in [3.05, 3.63) is 0 Å². The van der Waals surface area contributed by atoms with Crippen LogP contribution in [0.3, 0.4) is 0 Å². The molecule has 1 heterocycles. The first-order valence-electron chi connectivity index (χ1n) is 9.35. The highest BCUT2D eigenvalue weighted by Crippen LogP contribution is 2.41. The van der Waals surface area contributed by atoms with Crippen molar-refractivity contribution in [1.29, 1.82) is 0 Å². The van der Waals surface area contributed by atoms with Gasteiger partial charge in [-0.2, -0.15) is 0 Å². The number of likely N-dealkylation sites (tertiary alicyclic amines) is 1. The molecule has 2 aliphatic carbocycles. The van der Waals surface area contributed by atoms with Gasteiger partial charge in [-0.15, -0.1) is 0 Å². The van der Waals surface area contributed by atoms with E-state index in [1.807, 2.05) is 18.7 Å². The van der Waals surface area contributed by atoms with Gasteiger partial charge in [0.1, 0.15) is 0 Å². The van der Waals surface area contributed by atoms with E-state index in [4.69, 9.17) is 0 Å². The zero-order valence-corrected chi connectivity index (χ0v) is 14.8. The van der Waals surface area contributed by atoms with E-state index in [1.54, 1.807) is 0 Å². The lowest BCUT2D eigenvalue weighted by molar-refractivity contribution is -0.140. The third kappa shape index (κ3) is 3.99. The number of hydrogen-bond acceptors (Lipinski definition) is 2. The highest BCUT2D eigenvalue weighted by Gasteiger charge is 2.43. The maximum absolute atomic E-state index is 13.0. The Kier molecular flexibility index (Phi) is 4.83. The molecule has 3 rings (SSSR count). The smallest absolute Gasteiger partial charge is 0.317 e. The van der Waals surface area contributed by atoms with Crippen molar-refractivity contribution in [1.82, 2.24) is 15.1 Å². The zero-order valence-electron chi connectivity index (χ0n) is 14.8. The fourth-order valence-corrected chi connectivity index (χ4v) is 3.75. The Hall–Kier alpha value is -1.26. The Morgan fingerprint density at radius 3 is 2.09 bits per heavy atom. The van der Waals surface area contributed by atoms with E-state index >= 15 is 0 Å². The van der Waals surface area contributed by atoms with Crippen molar-refractivity contribution in [2.45, 2.75) is 77.4 Å². The van der Waals surface area contributed by atoms with Crippen LogP contribution < -0.4 is 5.32 Å². The van der Waals surface area contributed by atoms with Crippen LogP contribution in [0, 0.1) is 11.8 Å². The Balaban J connectivity index is 1.53. The molecule has 1 atom stereocenters. The van der Waals surface area contributed by atoms with Crippen molar-refractivity contribution in [3.8, 4) is 0 Å². The first kappa shape index (κ1) is 16.6. The molecule has 3 aliphatic rings. The van der Waals surface area contributed by atoms with Gasteiger partial charge in [0.05, 0.1) is 0 Å². The molecule has 130 valence electrons. The van der Waals surface area contributed by atoms with Crippen molar-refractivity contribution in [2.75, 3.05) is 13.1 Å². The van der Waals surface area contributed by atoms with Crippen molar-refractivity contribution in [3.63, 3.8) is 0 Å². The minimum absolute atomic E-state index is 0.0105. The summed E-state index contributed by atoms with van der Waals surface area (Å²) in [5.41, 5.74) is 0. The van der Waals surface area contributed by atoms with Gasteiger partial charge >= 0.3 is 6.03 Å². The topological polar surface area (TPSA) is 52.7 Å². The van der Waals surface area contributed by atoms with E-state index in [9.17, 15) is 9.59 Å². The largest absolute Gasteiger partial charge is 0.336 e. The van der Waals surface area contributed by atoms with Gasteiger partial charge in [0.2, 0.25) is 5.91 Å². The molecule has 0 bridgehead atoms. The van der Waals surface area contributed by atoms with Gasteiger partial charge in [-0.3, -0.25) is 4.79 Å². The molecule has 0 radical (unpaired) electrons. The molecule has 5 nitrogen and oxygen atoms in total. The Morgan fingerprint density at radius 1 is 1.00 bits per heavy atom. The molecule has 3 amide bonds. The van der Waals surface area contributed by atoms with Crippen LogP contribution in [0.25, 0.3) is 0 Å². The zero-order chi connectivity index (χ0) is 16.6. The molecule has 0 spiro atoms. The molecule has 5 heteroatoms. The Labute approximate surface area is 139 Å². The summed E-state index contributed by atoms with van der Waals surface area (Å²) >= 11 is 0. The molecule has 0 aromatic heterocycles. The van der Waals surface area contributed by atoms with E-state index in [0.717, 1.165) is 18.8 Å². The molecule has 1 aliphatic heterocycles. The third-order valence-corrected chi connectivity index (χ3v) is 5.48. The molecular weight excluding hydrogens is 290 g/mol. The Morgan fingerprint density at radius 2 is 1.61 bits per heavy atom. The van der Waals surface area contributed by atoms with Gasteiger partial charge < -0.3 is 15.1 Å². The van der Waals surface area contributed by atoms with Gasteiger partial charge in [0, 0.05) is 37.1 Å². The van der Waals surface area contributed by atoms with Gasteiger partial charge in [0.25, 0.3) is 0 Å². The van der Waals surface area contributed by atoms with Crippen LogP contribution in [0.4, 0.5) is 4.79 Å². The van der Waals surface area contributed by atoms with Crippen molar-refractivity contribution < 1.29 is 9.59 Å². The quantitative estimate of drug-likeness (QED) is 0.846. The first-order chi connectivity index (χ1) is 11.0. The first-order valence-corrected chi connectivity index (χ1v) is 9.35. The maximum atomic E-state index is 13.0. The third-order valence-electron chi connectivity index (χ3n) is 5.48. The SMILES string of the molecule is CC(C)NC(=O)N1CCC(C(=O)N(C2CC2)C(C)C2CC2)CC1. The van der Waals surface area contributed by atoms with Crippen molar-refractivity contribution in [2.24, 2.45) is 11.8 Å². The summed E-state index contributed by atoms with van der Waals surface area (Å²) in [4.78, 5) is 29.1. The predicted octanol–water partition coefficient (Wildman–Crippen LogP) is 2.61. The summed E-state index contributed by atoms with van der Waals surface area (Å²) in [6.07, 6.45) is 6.55. The summed E-state index contributed by atoms with van der Waals surface area (Å²) in [6.45, 7) is 7.58. The fraction of sp³-hybridized carbons (Fsp3) is 0.889. The average Bonchev–Trinajstić information content (AvgIpc) is 3.38. The molecule has 2 saturated carbocycles. The Bertz CT molecular complexity index is 449. The highest BCUT2D eigenvalue weighted by atomic mass is 16.2. The fourth-order valence-electron chi connectivity index (χ4n) is 3.75. The molecule has 1 N–H and O–H groups in total. The van der Waals surface area contributed by atoms with E-state index in [1.165, 1.54) is 25.7 Å². The molecule has 3 fully saturated rings. The molecular formula is C18H31N3O2. The van der Waals surface area contributed by atoms with E-state index in [2.05, 4.69) is 17.1 Å². The lowest BCUT2D eigenvalue weighted by Crippen LogP contribution is -2.50. The number of piperidine rings is 1. The van der Waals surface area contributed by atoms with Gasteiger partial charge in [-0.05, 0) is 65.2 Å². The van der Waals surface area contributed by atoms with Gasteiger partial charge in [0.15, 0.2) is 0 Å². The summed E-state index contributed by atoms with van der Waals surface area (Å²) in [5, 5.41) is 2.94.